The Bertz CT molecular complexity index is 482. The van der Waals surface area contributed by atoms with Crippen LogP contribution in [-0.2, 0) is 19.0 Å². The highest BCUT2D eigenvalue weighted by atomic mass is 16.8. The van der Waals surface area contributed by atoms with Crippen LogP contribution in [0.4, 0.5) is 0 Å². The maximum absolute atomic E-state index is 12.5. The molecule has 25 heavy (non-hydrogen) atoms. The summed E-state index contributed by atoms with van der Waals surface area (Å²) < 4.78 is 16.7. The van der Waals surface area contributed by atoms with Crippen LogP contribution in [0, 0.1) is 0 Å². The number of nitrogens with one attached hydrogen (secondary N) is 1. The van der Waals surface area contributed by atoms with Gasteiger partial charge in [-0.2, -0.15) is 0 Å². The second-order valence-corrected chi connectivity index (χ2v) is 7.71. The summed E-state index contributed by atoms with van der Waals surface area (Å²) in [6.07, 6.45) is -1.00. The highest BCUT2D eigenvalue weighted by Gasteiger charge is 2.55. The number of nitrogens with zero attached hydrogens (tertiary/aromatic N) is 1. The van der Waals surface area contributed by atoms with E-state index < -0.39 is 35.6 Å². The van der Waals surface area contributed by atoms with Gasteiger partial charge in [-0.05, 0) is 26.8 Å². The first-order valence-electron chi connectivity index (χ1n) is 9.14. The molecule has 0 unspecified atom stereocenters. The monoisotopic (exact) mass is 358 g/mol. The molecule has 3 N–H and O–H groups in total. The fraction of sp³-hybridized carbons (Fsp3) is 0.941. The van der Waals surface area contributed by atoms with Gasteiger partial charge in [0.25, 0.3) is 5.91 Å². The number of hydrogen-bond donors (Lipinski definition) is 3. The van der Waals surface area contributed by atoms with Crippen LogP contribution in [0.2, 0.25) is 0 Å². The van der Waals surface area contributed by atoms with E-state index >= 15 is 0 Å². The molecule has 4 atom stereocenters. The molecule has 144 valence electrons. The van der Waals surface area contributed by atoms with Gasteiger partial charge in [-0.3, -0.25) is 9.69 Å². The molecule has 1 aliphatic carbocycles. The van der Waals surface area contributed by atoms with Crippen molar-refractivity contribution in [3.8, 4) is 0 Å². The van der Waals surface area contributed by atoms with Gasteiger partial charge in [0.1, 0.15) is 11.7 Å². The zero-order valence-electron chi connectivity index (χ0n) is 15.1. The SMILES string of the molecule is CC1(C)O[C@H]2[C@H](O)C[C@](O)(C(=O)NCCCN3CCOCC3)C[C@H]2O1. The molecular weight excluding hydrogens is 328 g/mol. The van der Waals surface area contributed by atoms with Crippen LogP contribution in [-0.4, -0.2) is 90.1 Å². The normalized spacial score (nSPS) is 38.3. The van der Waals surface area contributed by atoms with Crippen LogP contribution in [0.25, 0.3) is 0 Å². The Kier molecular flexibility index (Phi) is 5.67. The summed E-state index contributed by atoms with van der Waals surface area (Å²) in [5.74, 6) is -1.25. The van der Waals surface area contributed by atoms with Crippen molar-refractivity contribution < 1.29 is 29.2 Å². The van der Waals surface area contributed by atoms with Gasteiger partial charge in [0.05, 0.1) is 25.4 Å². The van der Waals surface area contributed by atoms with Crippen molar-refractivity contribution in [2.75, 3.05) is 39.4 Å². The third-order valence-corrected chi connectivity index (χ3v) is 5.15. The number of rotatable bonds is 5. The van der Waals surface area contributed by atoms with E-state index in [1.807, 2.05) is 0 Å². The Morgan fingerprint density at radius 3 is 2.68 bits per heavy atom. The molecule has 2 saturated heterocycles. The van der Waals surface area contributed by atoms with E-state index in [1.54, 1.807) is 13.8 Å². The number of hydrogen-bond acceptors (Lipinski definition) is 7. The molecule has 3 rings (SSSR count). The van der Waals surface area contributed by atoms with E-state index in [0.29, 0.717) is 6.54 Å². The quantitative estimate of drug-likeness (QED) is 0.555. The lowest BCUT2D eigenvalue weighted by Crippen LogP contribution is -2.58. The summed E-state index contributed by atoms with van der Waals surface area (Å²) in [7, 11) is 0. The first-order chi connectivity index (χ1) is 11.8. The molecule has 2 heterocycles. The van der Waals surface area contributed by atoms with Gasteiger partial charge in [0.2, 0.25) is 0 Å². The van der Waals surface area contributed by atoms with Gasteiger partial charge in [-0.25, -0.2) is 0 Å². The summed E-state index contributed by atoms with van der Waals surface area (Å²) in [4.78, 5) is 14.8. The number of aliphatic hydroxyl groups is 2. The van der Waals surface area contributed by atoms with Gasteiger partial charge in [-0.1, -0.05) is 0 Å². The van der Waals surface area contributed by atoms with Gasteiger partial charge < -0.3 is 29.7 Å². The zero-order chi connectivity index (χ0) is 18.1. The molecule has 0 bridgehead atoms. The third-order valence-electron chi connectivity index (χ3n) is 5.15. The molecule has 3 fully saturated rings. The van der Waals surface area contributed by atoms with Crippen LogP contribution >= 0.6 is 0 Å². The molecule has 0 aromatic heterocycles. The largest absolute Gasteiger partial charge is 0.390 e. The highest BCUT2D eigenvalue weighted by molar-refractivity contribution is 5.85. The Morgan fingerprint density at radius 1 is 1.24 bits per heavy atom. The summed E-state index contributed by atoms with van der Waals surface area (Å²) in [6.45, 7) is 8.26. The van der Waals surface area contributed by atoms with Crippen molar-refractivity contribution in [3.63, 3.8) is 0 Å². The zero-order valence-corrected chi connectivity index (χ0v) is 15.1. The number of ether oxygens (including phenoxy) is 3. The smallest absolute Gasteiger partial charge is 0.252 e. The Hall–Kier alpha value is -0.770. The third kappa shape index (κ3) is 4.50. The van der Waals surface area contributed by atoms with Crippen molar-refractivity contribution >= 4 is 5.91 Å². The minimum Gasteiger partial charge on any atom is -0.390 e. The first kappa shape index (κ1) is 19.0. The van der Waals surface area contributed by atoms with E-state index in [4.69, 9.17) is 14.2 Å². The number of morpholine rings is 1. The molecule has 2 aliphatic heterocycles. The fourth-order valence-electron chi connectivity index (χ4n) is 3.90. The van der Waals surface area contributed by atoms with Crippen LogP contribution in [0.3, 0.4) is 0 Å². The molecule has 1 amide bonds. The molecule has 3 aliphatic rings. The standard InChI is InChI=1S/C17H30N2O6/c1-16(2)24-13-11-17(22,10-12(20)14(13)25-16)15(21)18-4-3-5-19-6-8-23-9-7-19/h12-14,20,22H,3-11H2,1-2H3,(H,18,21)/t12-,13-,14+,17-/m1/s1. The second kappa shape index (κ2) is 7.46. The Balaban J connectivity index is 1.46. The number of aliphatic hydroxyl groups excluding tert-OH is 1. The van der Waals surface area contributed by atoms with Crippen molar-refractivity contribution in [3.05, 3.63) is 0 Å². The average Bonchev–Trinajstić information content (AvgIpc) is 2.86. The molecule has 0 spiro atoms. The molecule has 8 nitrogen and oxygen atoms in total. The van der Waals surface area contributed by atoms with Crippen molar-refractivity contribution in [1.82, 2.24) is 10.2 Å². The van der Waals surface area contributed by atoms with E-state index in [1.165, 1.54) is 0 Å². The van der Waals surface area contributed by atoms with Gasteiger partial charge >= 0.3 is 0 Å². The number of carbonyl (C=O) groups is 1. The van der Waals surface area contributed by atoms with E-state index in [0.717, 1.165) is 39.3 Å². The van der Waals surface area contributed by atoms with Gasteiger partial charge in [0.15, 0.2) is 5.79 Å². The lowest BCUT2D eigenvalue weighted by molar-refractivity contribution is -0.158. The van der Waals surface area contributed by atoms with Crippen molar-refractivity contribution in [2.24, 2.45) is 0 Å². The van der Waals surface area contributed by atoms with E-state index in [2.05, 4.69) is 10.2 Å². The maximum atomic E-state index is 12.5. The second-order valence-electron chi connectivity index (χ2n) is 7.71. The topological polar surface area (TPSA) is 100 Å². The first-order valence-corrected chi connectivity index (χ1v) is 9.14. The molecular formula is C17H30N2O6. The van der Waals surface area contributed by atoms with Crippen molar-refractivity contribution in [1.29, 1.82) is 0 Å². The van der Waals surface area contributed by atoms with Crippen LogP contribution in [0.15, 0.2) is 0 Å². The Labute approximate surface area is 148 Å². The average molecular weight is 358 g/mol. The number of fused-ring (bicyclic) bond motifs is 1. The van der Waals surface area contributed by atoms with E-state index in [-0.39, 0.29) is 12.8 Å². The summed E-state index contributed by atoms with van der Waals surface area (Å²) in [6, 6.07) is 0. The molecule has 0 aromatic carbocycles. The van der Waals surface area contributed by atoms with Crippen LogP contribution in [0.1, 0.15) is 33.1 Å². The maximum Gasteiger partial charge on any atom is 0.252 e. The summed E-state index contributed by atoms with van der Waals surface area (Å²) in [5, 5.41) is 23.8. The summed E-state index contributed by atoms with van der Waals surface area (Å²) in [5.41, 5.74) is -1.62. The van der Waals surface area contributed by atoms with Gasteiger partial charge in [0, 0.05) is 32.5 Å². The molecule has 0 aromatic rings. The lowest BCUT2D eigenvalue weighted by atomic mass is 9.79. The van der Waals surface area contributed by atoms with E-state index in [9.17, 15) is 15.0 Å². The lowest BCUT2D eigenvalue weighted by Gasteiger charge is -2.38. The van der Waals surface area contributed by atoms with Crippen LogP contribution < -0.4 is 5.32 Å². The van der Waals surface area contributed by atoms with Crippen LogP contribution in [0.5, 0.6) is 0 Å². The predicted octanol–water partition coefficient (Wildman–Crippen LogP) is -0.769. The minimum atomic E-state index is -1.62. The van der Waals surface area contributed by atoms with Crippen molar-refractivity contribution in [2.45, 2.75) is 62.8 Å². The number of amides is 1. The predicted molar refractivity (Wildman–Crippen MR) is 88.9 cm³/mol. The fourth-order valence-corrected chi connectivity index (χ4v) is 3.90. The minimum absolute atomic E-state index is 0.0388. The number of carbonyl (C=O) groups excluding carboxylic acids is 1. The molecule has 1 saturated carbocycles. The summed E-state index contributed by atoms with van der Waals surface area (Å²) >= 11 is 0. The molecule has 8 heteroatoms. The highest BCUT2D eigenvalue weighted by Crippen LogP contribution is 2.40. The molecule has 0 radical (unpaired) electrons. The Morgan fingerprint density at radius 2 is 1.96 bits per heavy atom. The van der Waals surface area contributed by atoms with Gasteiger partial charge in [-0.15, -0.1) is 0 Å².